The second-order valence-electron chi connectivity index (χ2n) is 3.77. The average molecular weight is 176 g/mol. The van der Waals surface area contributed by atoms with Crippen molar-refractivity contribution >= 4 is 18.6 Å². The molecular weight excluding hydrogens is 160 g/mol. The van der Waals surface area contributed by atoms with Gasteiger partial charge in [-0.05, 0) is 17.6 Å². The normalized spacial score (nSPS) is 14.5. The largest absolute Gasteiger partial charge is 0.481 e. The molecule has 2 nitrogen and oxygen atoms in total. The Morgan fingerprint density at radius 3 is 2.36 bits per heavy atom. The zero-order chi connectivity index (χ0) is 9.07. The molecule has 0 saturated carbocycles. The first-order valence-electron chi connectivity index (χ1n) is 3.73. The molecule has 11 heavy (non-hydrogen) atoms. The van der Waals surface area contributed by atoms with Crippen LogP contribution in [-0.2, 0) is 4.79 Å². The fourth-order valence-electron chi connectivity index (χ4n) is 0.981. The summed E-state index contributed by atoms with van der Waals surface area (Å²) in [6.45, 7) is 5.78. The predicted molar refractivity (Wildman–Crippen MR) is 49.1 cm³/mol. The zero-order valence-electron chi connectivity index (χ0n) is 7.29. The molecule has 0 rings (SSSR count). The molecule has 0 saturated heterocycles. The Labute approximate surface area is 73.4 Å². The molecule has 0 fully saturated rings. The third kappa shape index (κ3) is 4.30. The average Bonchev–Trinajstić information content (AvgIpc) is 1.87. The van der Waals surface area contributed by atoms with Crippen LogP contribution in [0.4, 0.5) is 0 Å². The fourth-order valence-corrected chi connectivity index (χ4v) is 1.11. The molecule has 0 aliphatic rings. The number of thiol groups is 1. The molecule has 0 aliphatic heterocycles. The molecule has 0 spiro atoms. The molecular formula is C8H16O2S. The lowest BCUT2D eigenvalue weighted by atomic mass is 9.85. The summed E-state index contributed by atoms with van der Waals surface area (Å²) in [5.41, 5.74) is 0.0287. The summed E-state index contributed by atoms with van der Waals surface area (Å²) in [7, 11) is 0. The standard InChI is InChI=1S/C8H16O2S/c1-6(7(9)10)4-8(2,3)5-11/h6,11H,4-5H2,1-3H3,(H,9,10). The second-order valence-corrected chi connectivity index (χ2v) is 4.08. The lowest BCUT2D eigenvalue weighted by Crippen LogP contribution is -2.22. The summed E-state index contributed by atoms with van der Waals surface area (Å²) in [6.07, 6.45) is 0.686. The first-order valence-corrected chi connectivity index (χ1v) is 4.36. The third-order valence-corrected chi connectivity index (χ3v) is 2.56. The summed E-state index contributed by atoms with van der Waals surface area (Å²) >= 11 is 4.15. The van der Waals surface area contributed by atoms with Crippen molar-refractivity contribution in [2.45, 2.75) is 27.2 Å². The van der Waals surface area contributed by atoms with Crippen LogP contribution in [0.15, 0.2) is 0 Å². The van der Waals surface area contributed by atoms with E-state index in [1.165, 1.54) is 0 Å². The van der Waals surface area contributed by atoms with E-state index in [0.29, 0.717) is 6.42 Å². The van der Waals surface area contributed by atoms with Crippen molar-refractivity contribution in [2.75, 3.05) is 5.75 Å². The molecule has 0 amide bonds. The molecule has 1 unspecified atom stereocenters. The van der Waals surface area contributed by atoms with Crippen molar-refractivity contribution in [3.8, 4) is 0 Å². The highest BCUT2D eigenvalue weighted by Crippen LogP contribution is 2.26. The van der Waals surface area contributed by atoms with E-state index in [2.05, 4.69) is 12.6 Å². The topological polar surface area (TPSA) is 37.3 Å². The van der Waals surface area contributed by atoms with Crippen molar-refractivity contribution in [1.82, 2.24) is 0 Å². The Hall–Kier alpha value is -0.180. The minimum absolute atomic E-state index is 0.0287. The minimum Gasteiger partial charge on any atom is -0.481 e. The highest BCUT2D eigenvalue weighted by Gasteiger charge is 2.22. The molecule has 0 aromatic rings. The fraction of sp³-hybridized carbons (Fsp3) is 0.875. The van der Waals surface area contributed by atoms with E-state index < -0.39 is 5.97 Å². The highest BCUT2D eigenvalue weighted by atomic mass is 32.1. The van der Waals surface area contributed by atoms with E-state index in [0.717, 1.165) is 5.75 Å². The summed E-state index contributed by atoms with van der Waals surface area (Å²) in [4.78, 5) is 10.5. The van der Waals surface area contributed by atoms with Crippen LogP contribution in [-0.4, -0.2) is 16.8 Å². The van der Waals surface area contributed by atoms with Gasteiger partial charge in [-0.2, -0.15) is 12.6 Å². The smallest absolute Gasteiger partial charge is 0.306 e. The van der Waals surface area contributed by atoms with E-state index in [1.807, 2.05) is 13.8 Å². The van der Waals surface area contributed by atoms with Gasteiger partial charge in [-0.25, -0.2) is 0 Å². The van der Waals surface area contributed by atoms with Crippen molar-refractivity contribution in [1.29, 1.82) is 0 Å². The number of carboxylic acids is 1. The molecule has 0 bridgehead atoms. The highest BCUT2D eigenvalue weighted by molar-refractivity contribution is 7.80. The van der Waals surface area contributed by atoms with Crippen LogP contribution in [0.5, 0.6) is 0 Å². The van der Waals surface area contributed by atoms with Gasteiger partial charge in [0.25, 0.3) is 0 Å². The van der Waals surface area contributed by atoms with Crippen LogP contribution >= 0.6 is 12.6 Å². The van der Waals surface area contributed by atoms with Crippen molar-refractivity contribution in [3.63, 3.8) is 0 Å². The summed E-state index contributed by atoms with van der Waals surface area (Å²) < 4.78 is 0. The van der Waals surface area contributed by atoms with Gasteiger partial charge in [0.15, 0.2) is 0 Å². The van der Waals surface area contributed by atoms with Gasteiger partial charge in [-0.1, -0.05) is 20.8 Å². The second kappa shape index (κ2) is 4.00. The van der Waals surface area contributed by atoms with Crippen LogP contribution in [0, 0.1) is 11.3 Å². The first kappa shape index (κ1) is 10.8. The summed E-state index contributed by atoms with van der Waals surface area (Å²) in [5.74, 6) is -0.262. The third-order valence-electron chi connectivity index (χ3n) is 1.71. The van der Waals surface area contributed by atoms with E-state index in [1.54, 1.807) is 6.92 Å². The monoisotopic (exact) mass is 176 g/mol. The van der Waals surface area contributed by atoms with Gasteiger partial charge >= 0.3 is 5.97 Å². The Morgan fingerprint density at radius 2 is 2.09 bits per heavy atom. The Morgan fingerprint density at radius 1 is 1.64 bits per heavy atom. The molecule has 0 aliphatic carbocycles. The van der Waals surface area contributed by atoms with Crippen LogP contribution in [0.2, 0.25) is 0 Å². The van der Waals surface area contributed by atoms with E-state index in [-0.39, 0.29) is 11.3 Å². The SMILES string of the molecule is CC(CC(C)(C)CS)C(=O)O. The zero-order valence-corrected chi connectivity index (χ0v) is 8.19. The van der Waals surface area contributed by atoms with E-state index in [9.17, 15) is 4.79 Å². The maximum atomic E-state index is 10.5. The van der Waals surface area contributed by atoms with Crippen molar-refractivity contribution in [2.24, 2.45) is 11.3 Å². The van der Waals surface area contributed by atoms with Crippen molar-refractivity contribution in [3.05, 3.63) is 0 Å². The molecule has 0 aromatic heterocycles. The van der Waals surface area contributed by atoms with Crippen molar-refractivity contribution < 1.29 is 9.90 Å². The molecule has 0 heterocycles. The molecule has 3 heteroatoms. The number of hydrogen-bond acceptors (Lipinski definition) is 2. The first-order chi connectivity index (χ1) is 4.89. The van der Waals surface area contributed by atoms with E-state index in [4.69, 9.17) is 5.11 Å². The van der Waals surface area contributed by atoms with Gasteiger partial charge in [0.05, 0.1) is 5.92 Å². The van der Waals surface area contributed by atoms with Gasteiger partial charge < -0.3 is 5.11 Å². The molecule has 0 aromatic carbocycles. The number of carbonyl (C=O) groups is 1. The maximum absolute atomic E-state index is 10.5. The molecule has 1 atom stereocenters. The number of rotatable bonds is 4. The maximum Gasteiger partial charge on any atom is 0.306 e. The van der Waals surface area contributed by atoms with Gasteiger partial charge in [0.1, 0.15) is 0 Å². The van der Waals surface area contributed by atoms with Gasteiger partial charge in [0, 0.05) is 0 Å². The van der Waals surface area contributed by atoms with Crippen LogP contribution < -0.4 is 0 Å². The molecule has 1 N–H and O–H groups in total. The molecule has 66 valence electrons. The van der Waals surface area contributed by atoms with Crippen LogP contribution in [0.1, 0.15) is 27.2 Å². The number of carboxylic acid groups (broad SMARTS) is 1. The van der Waals surface area contributed by atoms with Gasteiger partial charge in [-0.3, -0.25) is 4.79 Å². The summed E-state index contributed by atoms with van der Waals surface area (Å²) in [5, 5.41) is 8.62. The minimum atomic E-state index is -0.722. The van der Waals surface area contributed by atoms with Gasteiger partial charge in [-0.15, -0.1) is 0 Å². The quantitative estimate of drug-likeness (QED) is 0.643. The Bertz CT molecular complexity index is 143. The lowest BCUT2D eigenvalue weighted by Gasteiger charge is -2.23. The van der Waals surface area contributed by atoms with Crippen LogP contribution in [0.3, 0.4) is 0 Å². The van der Waals surface area contributed by atoms with Gasteiger partial charge in [0.2, 0.25) is 0 Å². The lowest BCUT2D eigenvalue weighted by molar-refractivity contribution is -0.142. The Balaban J connectivity index is 3.93. The Kier molecular flexibility index (Phi) is 3.93. The number of aliphatic carboxylic acids is 1. The number of hydrogen-bond donors (Lipinski definition) is 2. The summed E-state index contributed by atoms with van der Waals surface area (Å²) in [6, 6.07) is 0. The predicted octanol–water partition coefficient (Wildman–Crippen LogP) is 2.05. The molecule has 0 radical (unpaired) electrons. The van der Waals surface area contributed by atoms with E-state index >= 15 is 0 Å². The van der Waals surface area contributed by atoms with Crippen LogP contribution in [0.25, 0.3) is 0 Å².